The van der Waals surface area contributed by atoms with Crippen molar-refractivity contribution in [3.8, 4) is 0 Å². The Hall–Kier alpha value is -2.48. The maximum absolute atomic E-state index is 13.5. The molecule has 0 aliphatic carbocycles. The summed E-state index contributed by atoms with van der Waals surface area (Å²) in [6.07, 6.45) is 1.01. The summed E-state index contributed by atoms with van der Waals surface area (Å²) in [6.45, 7) is 0. The van der Waals surface area contributed by atoms with Gasteiger partial charge in [0.1, 0.15) is 11.6 Å². The largest absolute Gasteiger partial charge is 0.322 e. The predicted molar refractivity (Wildman–Crippen MR) is 79.2 cm³/mol. The van der Waals surface area contributed by atoms with Gasteiger partial charge in [-0.05, 0) is 42.5 Å². The Morgan fingerprint density at radius 1 is 1.00 bits per heavy atom. The second kappa shape index (κ2) is 6.10. The number of hydrogen-bond acceptors (Lipinski definition) is 3. The van der Waals surface area contributed by atoms with E-state index in [0.717, 1.165) is 24.5 Å². The van der Waals surface area contributed by atoms with Gasteiger partial charge in [0.25, 0.3) is 5.91 Å². The van der Waals surface area contributed by atoms with Crippen LogP contribution in [0.4, 0.5) is 20.2 Å². The van der Waals surface area contributed by atoms with Crippen LogP contribution in [-0.4, -0.2) is 20.6 Å². The van der Waals surface area contributed by atoms with Gasteiger partial charge in [0.15, 0.2) is 0 Å². The molecular formula is C14H12F2N2O3S. The third-order valence-electron chi connectivity index (χ3n) is 2.62. The third-order valence-corrected chi connectivity index (χ3v) is 3.23. The van der Waals surface area contributed by atoms with E-state index in [1.807, 2.05) is 0 Å². The lowest BCUT2D eigenvalue weighted by molar-refractivity contribution is 0.102. The first-order chi connectivity index (χ1) is 10.2. The van der Waals surface area contributed by atoms with Gasteiger partial charge in [-0.2, -0.15) is 0 Å². The van der Waals surface area contributed by atoms with Crippen molar-refractivity contribution in [2.45, 2.75) is 0 Å². The van der Waals surface area contributed by atoms with Gasteiger partial charge in [-0.1, -0.05) is 0 Å². The number of carbonyl (C=O) groups excluding carboxylic acids is 1. The van der Waals surface area contributed by atoms with E-state index < -0.39 is 33.1 Å². The van der Waals surface area contributed by atoms with E-state index in [1.165, 1.54) is 24.3 Å². The Kier molecular flexibility index (Phi) is 4.41. The molecule has 0 saturated heterocycles. The molecule has 2 aromatic carbocycles. The second-order valence-corrected chi connectivity index (χ2v) is 6.28. The fourth-order valence-electron chi connectivity index (χ4n) is 1.71. The molecule has 116 valence electrons. The highest BCUT2D eigenvalue weighted by atomic mass is 32.2. The Labute approximate surface area is 126 Å². The van der Waals surface area contributed by atoms with Crippen LogP contribution >= 0.6 is 0 Å². The lowest BCUT2D eigenvalue weighted by atomic mass is 10.2. The fraction of sp³-hybridized carbons (Fsp3) is 0.0714. The molecule has 0 heterocycles. The van der Waals surface area contributed by atoms with Gasteiger partial charge >= 0.3 is 0 Å². The number of nitrogens with one attached hydrogen (secondary N) is 2. The summed E-state index contributed by atoms with van der Waals surface area (Å²) in [4.78, 5) is 11.9. The average molecular weight is 326 g/mol. The van der Waals surface area contributed by atoms with Crippen LogP contribution in [0.25, 0.3) is 0 Å². The minimum Gasteiger partial charge on any atom is -0.322 e. The van der Waals surface area contributed by atoms with Crippen molar-refractivity contribution >= 4 is 27.3 Å². The number of rotatable bonds is 4. The molecule has 5 nitrogen and oxygen atoms in total. The van der Waals surface area contributed by atoms with Crippen molar-refractivity contribution in [3.05, 3.63) is 59.7 Å². The van der Waals surface area contributed by atoms with Crippen LogP contribution in [0.15, 0.2) is 42.5 Å². The number of amides is 1. The Morgan fingerprint density at radius 2 is 1.59 bits per heavy atom. The van der Waals surface area contributed by atoms with Gasteiger partial charge in [0, 0.05) is 11.4 Å². The zero-order valence-electron chi connectivity index (χ0n) is 11.4. The molecule has 0 aliphatic heterocycles. The van der Waals surface area contributed by atoms with E-state index in [1.54, 1.807) is 0 Å². The van der Waals surface area contributed by atoms with E-state index in [4.69, 9.17) is 0 Å². The Bertz CT molecular complexity index is 805. The van der Waals surface area contributed by atoms with Crippen LogP contribution in [0.5, 0.6) is 0 Å². The topological polar surface area (TPSA) is 75.3 Å². The van der Waals surface area contributed by atoms with Crippen LogP contribution < -0.4 is 10.0 Å². The predicted octanol–water partition coefficient (Wildman–Crippen LogP) is 2.59. The summed E-state index contributed by atoms with van der Waals surface area (Å²) < 4.78 is 50.9. The number of halogens is 2. The number of hydrogen-bond donors (Lipinski definition) is 2. The summed E-state index contributed by atoms with van der Waals surface area (Å²) >= 11 is 0. The van der Waals surface area contributed by atoms with Crippen molar-refractivity contribution in [1.82, 2.24) is 0 Å². The zero-order valence-corrected chi connectivity index (χ0v) is 12.2. The van der Waals surface area contributed by atoms with Crippen molar-refractivity contribution in [1.29, 1.82) is 0 Å². The molecule has 2 rings (SSSR count). The minimum absolute atomic E-state index is 0.313. The molecule has 2 N–H and O–H groups in total. The van der Waals surface area contributed by atoms with Gasteiger partial charge in [0.05, 0.1) is 11.8 Å². The normalized spacial score (nSPS) is 11.0. The summed E-state index contributed by atoms with van der Waals surface area (Å²) in [5.41, 5.74) is 0.212. The summed E-state index contributed by atoms with van der Waals surface area (Å²) in [5.74, 6) is -2.37. The van der Waals surface area contributed by atoms with Crippen LogP contribution in [0, 0.1) is 11.6 Å². The molecule has 0 aromatic heterocycles. The molecule has 0 radical (unpaired) electrons. The lowest BCUT2D eigenvalue weighted by Gasteiger charge is -2.08. The van der Waals surface area contributed by atoms with E-state index in [0.29, 0.717) is 11.4 Å². The molecular weight excluding hydrogens is 314 g/mol. The van der Waals surface area contributed by atoms with E-state index in [-0.39, 0.29) is 0 Å². The Balaban J connectivity index is 2.14. The molecule has 2 aromatic rings. The van der Waals surface area contributed by atoms with E-state index in [2.05, 4.69) is 10.0 Å². The monoisotopic (exact) mass is 326 g/mol. The number of sulfonamides is 1. The summed E-state index contributed by atoms with van der Waals surface area (Å²) in [7, 11) is -3.40. The number of anilines is 2. The molecule has 0 fully saturated rings. The quantitative estimate of drug-likeness (QED) is 0.907. The maximum atomic E-state index is 13.5. The molecule has 0 bridgehead atoms. The van der Waals surface area contributed by atoms with Gasteiger partial charge < -0.3 is 5.32 Å². The van der Waals surface area contributed by atoms with E-state index in [9.17, 15) is 22.0 Å². The molecule has 0 spiro atoms. The molecule has 0 atom stereocenters. The molecule has 0 aliphatic rings. The highest BCUT2D eigenvalue weighted by molar-refractivity contribution is 7.92. The summed E-state index contributed by atoms with van der Waals surface area (Å²) in [6, 6.07) is 8.30. The van der Waals surface area contributed by atoms with Gasteiger partial charge in [0.2, 0.25) is 10.0 Å². The van der Waals surface area contributed by atoms with Crippen LogP contribution in [0.3, 0.4) is 0 Å². The molecule has 22 heavy (non-hydrogen) atoms. The van der Waals surface area contributed by atoms with Crippen molar-refractivity contribution in [2.24, 2.45) is 0 Å². The number of carbonyl (C=O) groups is 1. The third kappa shape index (κ3) is 4.26. The highest BCUT2D eigenvalue weighted by Crippen LogP contribution is 2.17. The van der Waals surface area contributed by atoms with Gasteiger partial charge in [-0.3, -0.25) is 9.52 Å². The molecule has 0 unspecified atom stereocenters. The zero-order chi connectivity index (χ0) is 16.3. The first-order valence-corrected chi connectivity index (χ1v) is 7.98. The van der Waals surface area contributed by atoms with E-state index >= 15 is 0 Å². The van der Waals surface area contributed by atoms with Crippen LogP contribution in [-0.2, 0) is 10.0 Å². The summed E-state index contributed by atoms with van der Waals surface area (Å²) in [5, 5.41) is 2.39. The highest BCUT2D eigenvalue weighted by Gasteiger charge is 2.13. The lowest BCUT2D eigenvalue weighted by Crippen LogP contribution is -2.14. The van der Waals surface area contributed by atoms with Crippen LogP contribution in [0.2, 0.25) is 0 Å². The maximum Gasteiger partial charge on any atom is 0.258 e. The SMILES string of the molecule is CS(=O)(=O)Nc1ccc(NC(=O)c2cc(F)ccc2F)cc1. The minimum atomic E-state index is -3.40. The molecule has 1 amide bonds. The Morgan fingerprint density at radius 3 is 2.18 bits per heavy atom. The first-order valence-electron chi connectivity index (χ1n) is 6.09. The molecule has 0 saturated carbocycles. The second-order valence-electron chi connectivity index (χ2n) is 4.53. The van der Waals surface area contributed by atoms with Gasteiger partial charge in [-0.15, -0.1) is 0 Å². The standard InChI is InChI=1S/C14H12F2N2O3S/c1-22(20,21)18-11-5-3-10(4-6-11)17-14(19)12-8-9(15)2-7-13(12)16/h2-8,18H,1H3,(H,17,19). The molecule has 8 heteroatoms. The van der Waals surface area contributed by atoms with Gasteiger partial charge in [-0.25, -0.2) is 17.2 Å². The smallest absolute Gasteiger partial charge is 0.258 e. The average Bonchev–Trinajstić information content (AvgIpc) is 2.42. The number of benzene rings is 2. The first kappa shape index (κ1) is 15.9. The van der Waals surface area contributed by atoms with Crippen molar-refractivity contribution in [2.75, 3.05) is 16.3 Å². The van der Waals surface area contributed by atoms with Crippen LogP contribution in [0.1, 0.15) is 10.4 Å². The van der Waals surface area contributed by atoms with Crippen molar-refractivity contribution in [3.63, 3.8) is 0 Å². The van der Waals surface area contributed by atoms with Crippen molar-refractivity contribution < 1.29 is 22.0 Å². The fourth-order valence-corrected chi connectivity index (χ4v) is 2.27.